The molecule has 20 heavy (non-hydrogen) atoms. The average Bonchev–Trinajstić information content (AvgIpc) is 2.53. The van der Waals surface area contributed by atoms with Crippen molar-refractivity contribution in [1.82, 2.24) is 4.98 Å². The van der Waals surface area contributed by atoms with E-state index in [2.05, 4.69) is 54.4 Å². The highest BCUT2D eigenvalue weighted by molar-refractivity contribution is 5.86. The van der Waals surface area contributed by atoms with Gasteiger partial charge in [-0.2, -0.15) is 0 Å². The van der Waals surface area contributed by atoms with E-state index in [0.717, 1.165) is 6.42 Å². The van der Waals surface area contributed by atoms with Crippen LogP contribution in [0.5, 0.6) is 0 Å². The maximum absolute atomic E-state index is 6.53. The summed E-state index contributed by atoms with van der Waals surface area (Å²) in [6.45, 7) is 2.14. The first-order valence-corrected chi connectivity index (χ1v) is 6.97. The Bertz CT molecular complexity index is 729. The molecule has 2 N–H and O–H groups in total. The normalized spacial score (nSPS) is 12.5. The lowest BCUT2D eigenvalue weighted by Gasteiger charge is -2.18. The fraction of sp³-hybridized carbons (Fsp3) is 0.167. The third-order valence-electron chi connectivity index (χ3n) is 3.82. The number of hydrogen-bond acceptors (Lipinski definition) is 2. The van der Waals surface area contributed by atoms with Crippen LogP contribution in [0.2, 0.25) is 0 Å². The van der Waals surface area contributed by atoms with Crippen LogP contribution in [-0.2, 0) is 6.42 Å². The van der Waals surface area contributed by atoms with Crippen molar-refractivity contribution in [2.45, 2.75) is 19.4 Å². The highest BCUT2D eigenvalue weighted by atomic mass is 14.7. The molecule has 0 aliphatic heterocycles. The Morgan fingerprint density at radius 2 is 1.80 bits per heavy atom. The zero-order valence-electron chi connectivity index (χ0n) is 11.6. The summed E-state index contributed by atoms with van der Waals surface area (Å²) in [6.07, 6.45) is 4.68. The van der Waals surface area contributed by atoms with Crippen molar-refractivity contribution in [1.29, 1.82) is 0 Å². The van der Waals surface area contributed by atoms with Gasteiger partial charge in [0.15, 0.2) is 0 Å². The number of nitrogens with two attached hydrogens (primary N) is 1. The molecule has 0 spiro atoms. The molecule has 0 fully saturated rings. The van der Waals surface area contributed by atoms with Crippen LogP contribution < -0.4 is 5.73 Å². The van der Waals surface area contributed by atoms with Gasteiger partial charge in [-0.1, -0.05) is 49.4 Å². The summed E-state index contributed by atoms with van der Waals surface area (Å²) in [4.78, 5) is 4.20. The van der Waals surface area contributed by atoms with Gasteiger partial charge in [0.25, 0.3) is 0 Å². The Labute approximate surface area is 119 Å². The number of rotatable bonds is 3. The summed E-state index contributed by atoms with van der Waals surface area (Å²) in [5.74, 6) is 0. The highest BCUT2D eigenvalue weighted by Crippen LogP contribution is 2.28. The largest absolute Gasteiger partial charge is 0.320 e. The lowest BCUT2D eigenvalue weighted by Crippen LogP contribution is -2.14. The van der Waals surface area contributed by atoms with Gasteiger partial charge in [-0.25, -0.2) is 0 Å². The smallest absolute Gasteiger partial charge is 0.0561 e. The molecular weight excluding hydrogens is 244 g/mol. The molecule has 0 aliphatic carbocycles. The number of nitrogens with zero attached hydrogens (tertiary/aromatic N) is 1. The van der Waals surface area contributed by atoms with Crippen LogP contribution in [0.4, 0.5) is 0 Å². The van der Waals surface area contributed by atoms with Crippen molar-refractivity contribution < 1.29 is 0 Å². The number of fused-ring (bicyclic) bond motifs is 1. The summed E-state index contributed by atoms with van der Waals surface area (Å²) in [5, 5.41) is 2.45. The SMILES string of the molecule is CCc1cnccc1C(N)c1cccc2ccccc12. The summed E-state index contributed by atoms with van der Waals surface area (Å²) in [5.41, 5.74) is 10.1. The molecule has 0 bridgehead atoms. The molecule has 0 saturated heterocycles. The first-order valence-electron chi connectivity index (χ1n) is 6.97. The van der Waals surface area contributed by atoms with E-state index in [-0.39, 0.29) is 6.04 Å². The molecule has 2 aromatic carbocycles. The monoisotopic (exact) mass is 262 g/mol. The van der Waals surface area contributed by atoms with Crippen LogP contribution in [0, 0.1) is 0 Å². The molecule has 100 valence electrons. The Hall–Kier alpha value is -2.19. The summed E-state index contributed by atoms with van der Waals surface area (Å²) in [7, 11) is 0. The van der Waals surface area contributed by atoms with Gasteiger partial charge in [0.05, 0.1) is 6.04 Å². The minimum Gasteiger partial charge on any atom is -0.320 e. The molecule has 0 amide bonds. The quantitative estimate of drug-likeness (QED) is 0.778. The molecule has 0 aliphatic rings. The van der Waals surface area contributed by atoms with E-state index in [9.17, 15) is 0 Å². The first kappa shape index (κ1) is 12.8. The van der Waals surface area contributed by atoms with E-state index in [0.29, 0.717) is 0 Å². The van der Waals surface area contributed by atoms with E-state index in [1.165, 1.54) is 27.5 Å². The van der Waals surface area contributed by atoms with Gasteiger partial charge in [-0.3, -0.25) is 4.98 Å². The standard InChI is InChI=1S/C18H18N2/c1-2-13-12-20-11-10-16(13)18(19)17-9-5-7-14-6-3-4-8-15(14)17/h3-12,18H,2,19H2,1H3. The van der Waals surface area contributed by atoms with Crippen LogP contribution in [0.15, 0.2) is 60.9 Å². The maximum Gasteiger partial charge on any atom is 0.0561 e. The lowest BCUT2D eigenvalue weighted by atomic mass is 9.92. The molecule has 1 unspecified atom stereocenters. The van der Waals surface area contributed by atoms with Gasteiger partial charge >= 0.3 is 0 Å². The fourth-order valence-electron chi connectivity index (χ4n) is 2.73. The van der Waals surface area contributed by atoms with E-state index < -0.39 is 0 Å². The van der Waals surface area contributed by atoms with E-state index in [1.807, 2.05) is 18.5 Å². The van der Waals surface area contributed by atoms with Crippen molar-refractivity contribution in [3.8, 4) is 0 Å². The topological polar surface area (TPSA) is 38.9 Å². The second-order valence-electron chi connectivity index (χ2n) is 4.97. The van der Waals surface area contributed by atoms with Crippen molar-refractivity contribution in [2.75, 3.05) is 0 Å². The Kier molecular flexibility index (Phi) is 3.48. The number of aromatic nitrogens is 1. The van der Waals surface area contributed by atoms with Crippen LogP contribution in [-0.4, -0.2) is 4.98 Å². The third-order valence-corrected chi connectivity index (χ3v) is 3.82. The summed E-state index contributed by atoms with van der Waals surface area (Å²) >= 11 is 0. The molecule has 0 saturated carbocycles. The number of pyridine rings is 1. The van der Waals surface area contributed by atoms with Gasteiger partial charge in [0, 0.05) is 12.4 Å². The molecule has 1 heterocycles. The minimum atomic E-state index is -0.112. The van der Waals surface area contributed by atoms with Crippen molar-refractivity contribution in [2.24, 2.45) is 5.73 Å². The number of benzene rings is 2. The molecule has 1 aromatic heterocycles. The summed E-state index contributed by atoms with van der Waals surface area (Å²) < 4.78 is 0. The average molecular weight is 262 g/mol. The van der Waals surface area contributed by atoms with Crippen molar-refractivity contribution in [3.05, 3.63) is 77.6 Å². The van der Waals surface area contributed by atoms with Gasteiger partial charge in [0.1, 0.15) is 0 Å². The second kappa shape index (κ2) is 5.43. The van der Waals surface area contributed by atoms with E-state index >= 15 is 0 Å². The Morgan fingerprint density at radius 3 is 2.65 bits per heavy atom. The van der Waals surface area contributed by atoms with Crippen LogP contribution in [0.3, 0.4) is 0 Å². The molecule has 1 atom stereocenters. The van der Waals surface area contributed by atoms with Crippen molar-refractivity contribution >= 4 is 10.8 Å². The predicted octanol–water partition coefficient (Wildman–Crippen LogP) is 3.85. The molecule has 3 aromatic rings. The molecule has 2 heteroatoms. The van der Waals surface area contributed by atoms with Crippen LogP contribution in [0.1, 0.15) is 29.7 Å². The molecule has 2 nitrogen and oxygen atoms in total. The van der Waals surface area contributed by atoms with Crippen LogP contribution >= 0.6 is 0 Å². The van der Waals surface area contributed by atoms with E-state index in [4.69, 9.17) is 5.73 Å². The van der Waals surface area contributed by atoms with Crippen LogP contribution in [0.25, 0.3) is 10.8 Å². The Morgan fingerprint density at radius 1 is 1.00 bits per heavy atom. The fourth-order valence-corrected chi connectivity index (χ4v) is 2.73. The second-order valence-corrected chi connectivity index (χ2v) is 4.97. The molecular formula is C18H18N2. The molecule has 3 rings (SSSR count). The zero-order valence-corrected chi connectivity index (χ0v) is 11.6. The lowest BCUT2D eigenvalue weighted by molar-refractivity contribution is 0.851. The van der Waals surface area contributed by atoms with Gasteiger partial charge < -0.3 is 5.73 Å². The third kappa shape index (κ3) is 2.19. The zero-order chi connectivity index (χ0) is 13.9. The van der Waals surface area contributed by atoms with Gasteiger partial charge in [-0.05, 0) is 39.9 Å². The number of hydrogen-bond donors (Lipinski definition) is 1. The van der Waals surface area contributed by atoms with Gasteiger partial charge in [-0.15, -0.1) is 0 Å². The van der Waals surface area contributed by atoms with E-state index in [1.54, 1.807) is 0 Å². The first-order chi connectivity index (χ1) is 9.81. The maximum atomic E-state index is 6.53. The minimum absolute atomic E-state index is 0.112. The highest BCUT2D eigenvalue weighted by Gasteiger charge is 2.14. The summed E-state index contributed by atoms with van der Waals surface area (Å²) in [6, 6.07) is 16.6. The van der Waals surface area contributed by atoms with Gasteiger partial charge in [0.2, 0.25) is 0 Å². The van der Waals surface area contributed by atoms with Crippen molar-refractivity contribution in [3.63, 3.8) is 0 Å². The number of aryl methyl sites for hydroxylation is 1. The Balaban J connectivity index is 2.15. The predicted molar refractivity (Wildman–Crippen MR) is 83.6 cm³/mol. The molecule has 0 radical (unpaired) electrons.